The van der Waals surface area contributed by atoms with E-state index in [2.05, 4.69) is 9.82 Å². The molecule has 34 heavy (non-hydrogen) atoms. The van der Waals surface area contributed by atoms with E-state index in [1.54, 1.807) is 30.3 Å². The lowest BCUT2D eigenvalue weighted by Gasteiger charge is -2.23. The van der Waals surface area contributed by atoms with Gasteiger partial charge in [-0.25, -0.2) is 17.2 Å². The number of nitrogens with one attached hydrogen (secondary N) is 1. The molecule has 7 nitrogen and oxygen atoms in total. The van der Waals surface area contributed by atoms with Crippen LogP contribution in [0.5, 0.6) is 0 Å². The lowest BCUT2D eigenvalue weighted by Crippen LogP contribution is -2.27. The molecule has 178 valence electrons. The van der Waals surface area contributed by atoms with Crippen LogP contribution in [0.3, 0.4) is 0 Å². The predicted octanol–water partition coefficient (Wildman–Crippen LogP) is 4.27. The van der Waals surface area contributed by atoms with Gasteiger partial charge in [0.15, 0.2) is 0 Å². The maximum absolute atomic E-state index is 14.0. The van der Waals surface area contributed by atoms with Gasteiger partial charge in [-0.3, -0.25) is 4.72 Å². The van der Waals surface area contributed by atoms with Crippen molar-refractivity contribution in [3.8, 4) is 0 Å². The number of sulfonamides is 2. The van der Waals surface area contributed by atoms with Crippen LogP contribution in [0.1, 0.15) is 30.5 Å². The van der Waals surface area contributed by atoms with Gasteiger partial charge in [-0.05, 0) is 66.6 Å². The second-order valence-corrected chi connectivity index (χ2v) is 11.4. The molecule has 11 heteroatoms. The first-order valence-electron chi connectivity index (χ1n) is 10.3. The molecule has 1 heterocycles. The monoisotopic (exact) mass is 505 g/mol. The van der Waals surface area contributed by atoms with Crippen LogP contribution >= 0.6 is 0 Å². The zero-order valence-corrected chi connectivity index (χ0v) is 19.7. The molecule has 1 aliphatic heterocycles. The van der Waals surface area contributed by atoms with Gasteiger partial charge in [-0.2, -0.15) is 17.9 Å². The highest BCUT2D eigenvalue weighted by molar-refractivity contribution is 7.92. The molecule has 0 unspecified atom stereocenters. The van der Waals surface area contributed by atoms with Crippen molar-refractivity contribution in [2.75, 3.05) is 10.5 Å². The zero-order valence-electron chi connectivity index (χ0n) is 18.0. The SMILES string of the molecule is CCS(=O)(=O)Nc1cccc(C2=NN(S(=O)(=O)c3ccc(F)cc3)[C@H](c3cccc(F)c3)C2)c1. The maximum atomic E-state index is 14.0. The maximum Gasteiger partial charge on any atom is 0.279 e. The van der Waals surface area contributed by atoms with Crippen LogP contribution in [0.15, 0.2) is 82.8 Å². The minimum absolute atomic E-state index is 0.108. The Morgan fingerprint density at radius 3 is 2.32 bits per heavy atom. The molecule has 0 radical (unpaired) electrons. The van der Waals surface area contributed by atoms with E-state index in [1.807, 2.05) is 0 Å². The van der Waals surface area contributed by atoms with E-state index >= 15 is 0 Å². The van der Waals surface area contributed by atoms with E-state index in [4.69, 9.17) is 0 Å². The number of anilines is 1. The average molecular weight is 506 g/mol. The van der Waals surface area contributed by atoms with Gasteiger partial charge in [0.1, 0.15) is 11.6 Å². The van der Waals surface area contributed by atoms with Crippen LogP contribution in [0.4, 0.5) is 14.5 Å². The standard InChI is InChI=1S/C23H21F2N3O4S2/c1-2-33(29,30)27-20-8-4-5-16(14-20)22-15-23(17-6-3-7-19(25)13-17)28(26-22)34(31,32)21-11-9-18(24)10-12-21/h3-14,23,27H,2,15H2,1H3/t23-/m0/s1. The average Bonchev–Trinajstić information content (AvgIpc) is 3.26. The molecular formula is C23H21F2N3O4S2. The molecule has 3 aromatic rings. The molecule has 4 rings (SSSR count). The van der Waals surface area contributed by atoms with Gasteiger partial charge in [-0.15, -0.1) is 0 Å². The number of hydrogen-bond donors (Lipinski definition) is 1. The molecule has 0 aromatic heterocycles. The van der Waals surface area contributed by atoms with Gasteiger partial charge in [0.25, 0.3) is 10.0 Å². The first-order valence-corrected chi connectivity index (χ1v) is 13.4. The Hall–Kier alpha value is -3.31. The van der Waals surface area contributed by atoms with E-state index in [9.17, 15) is 25.6 Å². The van der Waals surface area contributed by atoms with Crippen LogP contribution < -0.4 is 4.72 Å². The van der Waals surface area contributed by atoms with Crippen LogP contribution in [-0.4, -0.2) is 32.7 Å². The van der Waals surface area contributed by atoms with Crippen LogP contribution in [0.2, 0.25) is 0 Å². The minimum Gasteiger partial charge on any atom is -0.284 e. The quantitative estimate of drug-likeness (QED) is 0.519. The van der Waals surface area contributed by atoms with Gasteiger partial charge >= 0.3 is 0 Å². The number of rotatable bonds is 7. The molecule has 3 aromatic carbocycles. The highest BCUT2D eigenvalue weighted by atomic mass is 32.2. The Labute approximate surface area is 196 Å². The summed E-state index contributed by atoms with van der Waals surface area (Å²) in [6.07, 6.45) is 0.119. The van der Waals surface area contributed by atoms with E-state index in [1.165, 1.54) is 25.1 Å². The molecule has 0 amide bonds. The van der Waals surface area contributed by atoms with Crippen molar-refractivity contribution in [1.82, 2.24) is 4.41 Å². The number of nitrogens with zero attached hydrogens (tertiary/aromatic N) is 2. The van der Waals surface area contributed by atoms with Gasteiger partial charge < -0.3 is 0 Å². The molecule has 0 aliphatic carbocycles. The van der Waals surface area contributed by atoms with E-state index in [0.29, 0.717) is 22.5 Å². The third-order valence-electron chi connectivity index (χ3n) is 5.31. The first kappa shape index (κ1) is 23.8. The van der Waals surface area contributed by atoms with Crippen molar-refractivity contribution in [2.45, 2.75) is 24.3 Å². The Kier molecular flexibility index (Phi) is 6.41. The summed E-state index contributed by atoms with van der Waals surface area (Å²) in [5, 5.41) is 4.34. The lowest BCUT2D eigenvalue weighted by molar-refractivity contribution is 0.370. The van der Waals surface area contributed by atoms with Crippen molar-refractivity contribution in [1.29, 1.82) is 0 Å². The summed E-state index contributed by atoms with van der Waals surface area (Å²) >= 11 is 0. The minimum atomic E-state index is -4.20. The van der Waals surface area contributed by atoms with Crippen molar-refractivity contribution >= 4 is 31.4 Å². The fourth-order valence-corrected chi connectivity index (χ4v) is 5.64. The van der Waals surface area contributed by atoms with Gasteiger partial charge in [0.2, 0.25) is 10.0 Å². The highest BCUT2D eigenvalue weighted by Crippen LogP contribution is 2.37. The lowest BCUT2D eigenvalue weighted by atomic mass is 9.99. The molecule has 1 N–H and O–H groups in total. The highest BCUT2D eigenvalue weighted by Gasteiger charge is 2.38. The number of hydrogen-bond acceptors (Lipinski definition) is 5. The molecule has 0 bridgehead atoms. The number of benzene rings is 3. The van der Waals surface area contributed by atoms with Crippen LogP contribution in [0, 0.1) is 11.6 Å². The van der Waals surface area contributed by atoms with Crippen molar-refractivity contribution in [2.24, 2.45) is 5.10 Å². The topological polar surface area (TPSA) is 95.9 Å². The summed E-state index contributed by atoms with van der Waals surface area (Å²) in [6, 6.07) is 15.5. The predicted molar refractivity (Wildman–Crippen MR) is 125 cm³/mol. The smallest absolute Gasteiger partial charge is 0.279 e. The summed E-state index contributed by atoms with van der Waals surface area (Å²) < 4.78 is 81.4. The van der Waals surface area contributed by atoms with Gasteiger partial charge in [0, 0.05) is 12.1 Å². The summed E-state index contributed by atoms with van der Waals surface area (Å²) in [7, 11) is -7.72. The van der Waals surface area contributed by atoms with E-state index in [0.717, 1.165) is 28.7 Å². The first-order chi connectivity index (χ1) is 16.1. The zero-order chi connectivity index (χ0) is 24.5. The van der Waals surface area contributed by atoms with E-state index in [-0.39, 0.29) is 17.1 Å². The largest absolute Gasteiger partial charge is 0.284 e. The molecule has 0 saturated heterocycles. The third kappa shape index (κ3) is 4.95. The molecule has 1 atom stereocenters. The third-order valence-corrected chi connectivity index (χ3v) is 8.32. The number of halogens is 2. The van der Waals surface area contributed by atoms with Crippen molar-refractivity contribution in [3.05, 3.63) is 95.6 Å². The Bertz CT molecular complexity index is 1460. The number of hydrazone groups is 1. The van der Waals surface area contributed by atoms with Crippen molar-refractivity contribution in [3.63, 3.8) is 0 Å². The Balaban J connectivity index is 1.77. The van der Waals surface area contributed by atoms with Crippen LogP contribution in [-0.2, 0) is 20.0 Å². The summed E-state index contributed by atoms with van der Waals surface area (Å²) in [6.45, 7) is 1.51. The van der Waals surface area contributed by atoms with Crippen molar-refractivity contribution < 1.29 is 25.6 Å². The fraction of sp³-hybridized carbons (Fsp3) is 0.174. The molecular weight excluding hydrogens is 484 g/mol. The molecule has 0 saturated carbocycles. The van der Waals surface area contributed by atoms with Crippen LogP contribution in [0.25, 0.3) is 0 Å². The molecule has 1 aliphatic rings. The Morgan fingerprint density at radius 1 is 0.941 bits per heavy atom. The molecule has 0 fully saturated rings. The second-order valence-electron chi connectivity index (χ2n) is 7.64. The summed E-state index contributed by atoms with van der Waals surface area (Å²) in [5.74, 6) is -1.22. The van der Waals surface area contributed by atoms with Gasteiger partial charge in [-0.1, -0.05) is 24.3 Å². The molecule has 0 spiro atoms. The normalized spacial score (nSPS) is 16.4. The summed E-state index contributed by atoms with van der Waals surface area (Å²) in [4.78, 5) is -0.162. The summed E-state index contributed by atoms with van der Waals surface area (Å²) in [5.41, 5.74) is 1.59. The van der Waals surface area contributed by atoms with E-state index < -0.39 is 37.7 Å². The fourth-order valence-electron chi connectivity index (χ4n) is 3.58. The Morgan fingerprint density at radius 2 is 1.65 bits per heavy atom. The van der Waals surface area contributed by atoms with Gasteiger partial charge in [0.05, 0.1) is 22.4 Å². The second kappa shape index (κ2) is 9.15.